The van der Waals surface area contributed by atoms with Crippen molar-refractivity contribution in [3.8, 4) is 17.2 Å². The molecule has 1 aliphatic heterocycles. The van der Waals surface area contributed by atoms with Crippen molar-refractivity contribution >= 4 is 45.9 Å². The molecule has 0 amide bonds. The van der Waals surface area contributed by atoms with Crippen molar-refractivity contribution in [2.75, 3.05) is 40.4 Å². The van der Waals surface area contributed by atoms with Gasteiger partial charge in [0.15, 0.2) is 34.5 Å². The molecule has 0 bridgehead atoms. The van der Waals surface area contributed by atoms with E-state index in [1.807, 2.05) is 51.6 Å². The zero-order valence-electron chi connectivity index (χ0n) is 17.2. The van der Waals surface area contributed by atoms with Gasteiger partial charge in [-0.25, -0.2) is 12.8 Å². The Hall–Kier alpha value is 0.0419. The van der Waals surface area contributed by atoms with Gasteiger partial charge in [-0.15, -0.1) is 12.1 Å². The van der Waals surface area contributed by atoms with E-state index in [1.165, 1.54) is 0 Å². The van der Waals surface area contributed by atoms with Crippen LogP contribution in [0.3, 0.4) is 0 Å². The van der Waals surface area contributed by atoms with Gasteiger partial charge in [-0.1, -0.05) is 4.90 Å². The first-order chi connectivity index (χ1) is 13.6. The van der Waals surface area contributed by atoms with Crippen LogP contribution in [-0.2, 0) is 11.0 Å². The second-order valence-corrected chi connectivity index (χ2v) is 9.13. The van der Waals surface area contributed by atoms with Crippen molar-refractivity contribution < 1.29 is 47.9 Å². The molecule has 6 nitrogen and oxygen atoms in total. The summed E-state index contributed by atoms with van der Waals surface area (Å²) in [6.07, 6.45) is 0.945. The molecule has 2 aromatic rings. The van der Waals surface area contributed by atoms with E-state index in [2.05, 4.69) is 10.4 Å². The van der Waals surface area contributed by atoms with Crippen molar-refractivity contribution in [2.24, 2.45) is 0 Å². The summed E-state index contributed by atoms with van der Waals surface area (Å²) in [4.78, 5) is 1.84. The second-order valence-electron chi connectivity index (χ2n) is 6.03. The number of hydrogen-bond donors (Lipinski definition) is 0. The minimum absolute atomic E-state index is 0. The quantitative estimate of drug-likeness (QED) is 0.236. The van der Waals surface area contributed by atoms with Crippen molar-refractivity contribution in [1.82, 2.24) is 8.61 Å². The monoisotopic (exact) mass is 786 g/mol. The molecule has 1 unspecified atom stereocenters. The molecule has 2 aromatic carbocycles. The first kappa shape index (κ1) is 28.1. The van der Waals surface area contributed by atoms with Gasteiger partial charge in [-0.2, -0.15) is 12.1 Å². The topological polar surface area (TPSA) is 51.2 Å². The fourth-order valence-corrected chi connectivity index (χ4v) is 5.42. The van der Waals surface area contributed by atoms with Crippen LogP contribution < -0.4 is 12.5 Å². The Morgan fingerprint density at radius 3 is 2.57 bits per heavy atom. The number of halogens is 1. The predicted octanol–water partition coefficient (Wildman–Crippen LogP) is 4.42. The van der Waals surface area contributed by atoms with E-state index in [4.69, 9.17) is 12.5 Å². The normalized spacial score (nSPS) is 15.8. The summed E-state index contributed by atoms with van der Waals surface area (Å²) in [5.41, 5.74) is 0. The zero-order chi connectivity index (χ0) is 19.9. The van der Waals surface area contributed by atoms with Crippen molar-refractivity contribution in [2.45, 2.75) is 16.2 Å². The van der Waals surface area contributed by atoms with Crippen LogP contribution in [0.5, 0.6) is 17.2 Å². The van der Waals surface area contributed by atoms with E-state index in [-0.39, 0.29) is 38.5 Å². The Bertz CT molecular complexity index is 831. The maximum Gasteiger partial charge on any atom is 2.00 e. The van der Waals surface area contributed by atoms with Gasteiger partial charge >= 0.3 is 31.1 Å². The molecular formula is C20H25IN2O4S2U. The summed E-state index contributed by atoms with van der Waals surface area (Å²) in [6.45, 7) is 3.26. The summed E-state index contributed by atoms with van der Waals surface area (Å²) in [6, 6.07) is 14.3. The van der Waals surface area contributed by atoms with E-state index in [0.717, 1.165) is 42.4 Å². The first-order valence-corrected chi connectivity index (χ1v) is 11.5. The van der Waals surface area contributed by atoms with Gasteiger partial charge in [0.05, 0.1) is 14.2 Å². The summed E-state index contributed by atoms with van der Waals surface area (Å²) in [5.74, 6) is 2.03. The van der Waals surface area contributed by atoms with Crippen LogP contribution >= 0.6 is 35.0 Å². The van der Waals surface area contributed by atoms with Crippen LogP contribution in [0.4, 0.5) is 0 Å². The Labute approximate surface area is 224 Å². The van der Waals surface area contributed by atoms with Crippen molar-refractivity contribution in [1.29, 1.82) is 0 Å². The molecular weight excluding hydrogens is 761 g/mol. The molecule has 1 fully saturated rings. The molecule has 1 aliphatic rings. The van der Waals surface area contributed by atoms with Gasteiger partial charge in [0.1, 0.15) is 11.0 Å². The standard InChI is InChI=1S/C19H22IN2O4S2.CH3.U/c1-24-15-5-3-6-17(13-15)28(23)22-10-4-9-21(11-12-22)27-16-7-8-18(26-20)19(14-16)25-2;;/h3,6-8,13-14H,4,9-12H2,1-2H3;1H3;/q2*-1;+2. The van der Waals surface area contributed by atoms with Crippen LogP contribution in [0.1, 0.15) is 6.42 Å². The third-order valence-electron chi connectivity index (χ3n) is 4.27. The van der Waals surface area contributed by atoms with Gasteiger partial charge in [-0.05, 0) is 36.6 Å². The van der Waals surface area contributed by atoms with E-state index in [9.17, 15) is 4.21 Å². The van der Waals surface area contributed by atoms with Crippen LogP contribution in [0.15, 0.2) is 46.2 Å². The fourth-order valence-electron chi connectivity index (χ4n) is 2.85. The maximum atomic E-state index is 13.0. The second kappa shape index (κ2) is 14.2. The Morgan fingerprint density at radius 2 is 1.87 bits per heavy atom. The molecule has 30 heavy (non-hydrogen) atoms. The molecule has 0 aliphatic carbocycles. The average Bonchev–Trinajstić information content (AvgIpc) is 2.98. The third kappa shape index (κ3) is 7.57. The summed E-state index contributed by atoms with van der Waals surface area (Å²) < 4.78 is 33.1. The summed E-state index contributed by atoms with van der Waals surface area (Å²) in [5, 5.41) is 0. The zero-order valence-corrected chi connectivity index (χ0v) is 25.2. The minimum atomic E-state index is -1.20. The average molecular weight is 786 g/mol. The molecule has 1 heterocycles. The Kier molecular flexibility index (Phi) is 13.3. The smallest absolute Gasteiger partial charge is 0.523 e. The van der Waals surface area contributed by atoms with Crippen LogP contribution in [0.25, 0.3) is 0 Å². The van der Waals surface area contributed by atoms with Crippen molar-refractivity contribution in [3.63, 3.8) is 0 Å². The summed E-state index contributed by atoms with van der Waals surface area (Å²) in [7, 11) is 2.02. The number of methoxy groups -OCH3 is 2. The van der Waals surface area contributed by atoms with Crippen molar-refractivity contribution in [3.05, 3.63) is 49.9 Å². The molecule has 3 rings (SSSR count). The number of benzene rings is 2. The SMILES string of the molecule is COc1[c-]ccc(S(=O)N2CCCN(Sc3ccc(OI)c(OC)c3)CC2)c1.[CH3-].[U+2]. The van der Waals surface area contributed by atoms with Gasteiger partial charge in [0.25, 0.3) is 0 Å². The molecule has 0 aromatic heterocycles. The summed E-state index contributed by atoms with van der Waals surface area (Å²) >= 11 is 3.54. The van der Waals surface area contributed by atoms with Gasteiger partial charge < -0.3 is 20.0 Å². The number of hydrogen-bond acceptors (Lipinski definition) is 6. The maximum absolute atomic E-state index is 13.0. The molecule has 10 heteroatoms. The van der Waals surface area contributed by atoms with Crippen LogP contribution in [-0.4, -0.2) is 53.2 Å². The van der Waals surface area contributed by atoms with Crippen LogP contribution in [0, 0.1) is 44.6 Å². The van der Waals surface area contributed by atoms with Gasteiger partial charge in [0.2, 0.25) is 0 Å². The molecule has 0 saturated carbocycles. The Morgan fingerprint density at radius 1 is 1.07 bits per heavy atom. The number of ether oxygens (including phenoxy) is 2. The third-order valence-corrected chi connectivity index (χ3v) is 7.32. The largest absolute Gasteiger partial charge is 2.00 e. The van der Waals surface area contributed by atoms with E-state index in [0.29, 0.717) is 17.2 Å². The van der Waals surface area contributed by atoms with Gasteiger partial charge in [0, 0.05) is 36.8 Å². The first-order valence-electron chi connectivity index (χ1n) is 8.76. The van der Waals surface area contributed by atoms with E-state index < -0.39 is 11.0 Å². The molecule has 1 saturated heterocycles. The van der Waals surface area contributed by atoms with Gasteiger partial charge in [-0.3, -0.25) is 0 Å². The molecule has 0 radical (unpaired) electrons. The molecule has 0 spiro atoms. The van der Waals surface area contributed by atoms with E-state index in [1.54, 1.807) is 38.3 Å². The number of rotatable bonds is 7. The van der Waals surface area contributed by atoms with Crippen LogP contribution in [0.2, 0.25) is 0 Å². The Balaban J connectivity index is 0.00000225. The fraction of sp³-hybridized carbons (Fsp3) is 0.350. The molecule has 1 atom stereocenters. The minimum Gasteiger partial charge on any atom is -0.523 e. The predicted molar refractivity (Wildman–Crippen MR) is 126 cm³/mol. The van der Waals surface area contributed by atoms with E-state index >= 15 is 0 Å². The number of nitrogens with zero attached hydrogens (tertiary/aromatic N) is 2. The molecule has 162 valence electrons. The molecule has 0 N–H and O–H groups in total.